The molecular formula is C17H19N3O. The number of anilines is 1. The van der Waals surface area contributed by atoms with Gasteiger partial charge in [0, 0.05) is 30.6 Å². The van der Waals surface area contributed by atoms with E-state index in [9.17, 15) is 4.79 Å². The van der Waals surface area contributed by atoms with Crippen molar-refractivity contribution in [3.63, 3.8) is 0 Å². The lowest BCUT2D eigenvalue weighted by Crippen LogP contribution is -2.10. The van der Waals surface area contributed by atoms with Crippen molar-refractivity contribution in [2.24, 2.45) is 0 Å². The van der Waals surface area contributed by atoms with Crippen LogP contribution in [-0.2, 0) is 17.8 Å². The highest BCUT2D eigenvalue weighted by atomic mass is 16.1. The summed E-state index contributed by atoms with van der Waals surface area (Å²) in [5, 5.41) is 2.93. The lowest BCUT2D eigenvalue weighted by atomic mass is 10.1. The molecule has 3 rings (SSSR count). The van der Waals surface area contributed by atoms with Crippen molar-refractivity contribution in [3.05, 3.63) is 48.9 Å². The molecule has 21 heavy (non-hydrogen) atoms. The number of amides is 1. The highest BCUT2D eigenvalue weighted by Crippen LogP contribution is 2.27. The van der Waals surface area contributed by atoms with Crippen molar-refractivity contribution in [1.82, 2.24) is 9.55 Å². The molecule has 0 fully saturated rings. The van der Waals surface area contributed by atoms with E-state index in [1.165, 1.54) is 0 Å². The molecule has 1 aliphatic heterocycles. The number of fused-ring (bicyclic) bond motifs is 1. The molecule has 0 radical (unpaired) electrons. The van der Waals surface area contributed by atoms with E-state index in [0.717, 1.165) is 42.2 Å². The Morgan fingerprint density at radius 2 is 2.38 bits per heavy atom. The third kappa shape index (κ3) is 2.89. The Balaban J connectivity index is 1.80. The van der Waals surface area contributed by atoms with Crippen molar-refractivity contribution in [1.29, 1.82) is 0 Å². The molecule has 0 spiro atoms. The molecule has 4 heteroatoms. The second-order valence-corrected chi connectivity index (χ2v) is 5.27. The average Bonchev–Trinajstić information content (AvgIpc) is 3.08. The largest absolute Gasteiger partial charge is 0.328 e. The van der Waals surface area contributed by atoms with Crippen molar-refractivity contribution >= 4 is 11.6 Å². The minimum Gasteiger partial charge on any atom is -0.328 e. The number of nitrogens with zero attached hydrogens (tertiary/aromatic N) is 2. The predicted octanol–water partition coefficient (Wildman–Crippen LogP) is 3.40. The van der Waals surface area contributed by atoms with E-state index in [0.29, 0.717) is 12.8 Å². The van der Waals surface area contributed by atoms with Gasteiger partial charge in [0.05, 0.1) is 11.9 Å². The summed E-state index contributed by atoms with van der Waals surface area (Å²) in [6.45, 7) is 4.66. The van der Waals surface area contributed by atoms with Crippen LogP contribution in [0.25, 0.3) is 11.3 Å². The van der Waals surface area contributed by atoms with Crippen LogP contribution in [0.15, 0.2) is 43.1 Å². The number of imidazole rings is 1. The molecule has 1 N–H and O–H groups in total. The van der Waals surface area contributed by atoms with E-state index in [2.05, 4.69) is 27.5 Å². The van der Waals surface area contributed by atoms with Crippen LogP contribution < -0.4 is 5.32 Å². The van der Waals surface area contributed by atoms with E-state index in [4.69, 9.17) is 0 Å². The molecule has 1 aliphatic rings. The Kier molecular flexibility index (Phi) is 3.86. The number of hydrogen-bond donors (Lipinski definition) is 1. The van der Waals surface area contributed by atoms with Crippen LogP contribution in [0.5, 0.6) is 0 Å². The van der Waals surface area contributed by atoms with Crippen molar-refractivity contribution in [2.75, 3.05) is 5.32 Å². The monoisotopic (exact) mass is 281 g/mol. The zero-order chi connectivity index (χ0) is 14.7. The van der Waals surface area contributed by atoms with Crippen molar-refractivity contribution < 1.29 is 4.79 Å². The first-order chi connectivity index (χ1) is 10.3. The van der Waals surface area contributed by atoms with Gasteiger partial charge in [0.2, 0.25) is 5.91 Å². The van der Waals surface area contributed by atoms with Crippen LogP contribution in [0.4, 0.5) is 5.69 Å². The SMILES string of the molecule is C=CCCC(=O)Nc1cccc(-c2cnc3n2CCC3)c1. The lowest BCUT2D eigenvalue weighted by molar-refractivity contribution is -0.116. The van der Waals surface area contributed by atoms with Gasteiger partial charge in [0.25, 0.3) is 0 Å². The highest BCUT2D eigenvalue weighted by Gasteiger charge is 2.16. The molecule has 0 saturated carbocycles. The van der Waals surface area contributed by atoms with Gasteiger partial charge < -0.3 is 9.88 Å². The van der Waals surface area contributed by atoms with Gasteiger partial charge >= 0.3 is 0 Å². The molecule has 2 aromatic rings. The zero-order valence-corrected chi connectivity index (χ0v) is 12.0. The minimum atomic E-state index is 0.0190. The fourth-order valence-corrected chi connectivity index (χ4v) is 2.70. The van der Waals surface area contributed by atoms with Crippen LogP contribution in [0, 0.1) is 0 Å². The van der Waals surface area contributed by atoms with Gasteiger partial charge in [0.1, 0.15) is 5.82 Å². The van der Waals surface area contributed by atoms with Crippen LogP contribution in [0.3, 0.4) is 0 Å². The first kappa shape index (κ1) is 13.6. The number of benzene rings is 1. The summed E-state index contributed by atoms with van der Waals surface area (Å²) in [6.07, 6.45) is 7.06. The fourth-order valence-electron chi connectivity index (χ4n) is 2.70. The Bertz CT molecular complexity index is 672. The Labute approximate surface area is 124 Å². The van der Waals surface area contributed by atoms with E-state index in [1.54, 1.807) is 6.08 Å². The number of aromatic nitrogens is 2. The summed E-state index contributed by atoms with van der Waals surface area (Å²) in [5.41, 5.74) is 3.05. The highest BCUT2D eigenvalue weighted by molar-refractivity contribution is 5.91. The molecule has 1 aromatic carbocycles. The Morgan fingerprint density at radius 3 is 3.24 bits per heavy atom. The summed E-state index contributed by atoms with van der Waals surface area (Å²) in [5.74, 6) is 1.18. The van der Waals surface area contributed by atoms with E-state index >= 15 is 0 Å². The number of nitrogens with one attached hydrogen (secondary N) is 1. The normalized spacial score (nSPS) is 13.0. The van der Waals surface area contributed by atoms with Crippen LogP contribution in [0.1, 0.15) is 25.1 Å². The number of carbonyl (C=O) groups is 1. The molecule has 0 aliphatic carbocycles. The van der Waals surface area contributed by atoms with Gasteiger partial charge in [-0.3, -0.25) is 4.79 Å². The Hall–Kier alpha value is -2.36. The summed E-state index contributed by atoms with van der Waals surface area (Å²) in [7, 11) is 0. The van der Waals surface area contributed by atoms with Gasteiger partial charge in [-0.2, -0.15) is 0 Å². The second-order valence-electron chi connectivity index (χ2n) is 5.27. The van der Waals surface area contributed by atoms with Gasteiger partial charge in [-0.25, -0.2) is 4.98 Å². The summed E-state index contributed by atoms with van der Waals surface area (Å²) >= 11 is 0. The first-order valence-electron chi connectivity index (χ1n) is 7.33. The first-order valence-corrected chi connectivity index (χ1v) is 7.33. The van der Waals surface area contributed by atoms with Gasteiger partial charge in [-0.1, -0.05) is 18.2 Å². The predicted molar refractivity (Wildman–Crippen MR) is 84.0 cm³/mol. The minimum absolute atomic E-state index is 0.0190. The molecular weight excluding hydrogens is 262 g/mol. The molecule has 108 valence electrons. The quantitative estimate of drug-likeness (QED) is 0.854. The smallest absolute Gasteiger partial charge is 0.224 e. The maximum atomic E-state index is 11.8. The molecule has 1 aromatic heterocycles. The average molecular weight is 281 g/mol. The maximum Gasteiger partial charge on any atom is 0.224 e. The lowest BCUT2D eigenvalue weighted by Gasteiger charge is -2.08. The third-order valence-electron chi connectivity index (χ3n) is 3.74. The van der Waals surface area contributed by atoms with Crippen LogP contribution >= 0.6 is 0 Å². The summed E-state index contributed by atoms with van der Waals surface area (Å²) in [4.78, 5) is 16.2. The fraction of sp³-hybridized carbons (Fsp3) is 0.294. The number of carbonyl (C=O) groups excluding carboxylic acids is 1. The van der Waals surface area contributed by atoms with E-state index in [1.807, 2.05) is 24.4 Å². The van der Waals surface area contributed by atoms with Crippen LogP contribution in [-0.4, -0.2) is 15.5 Å². The molecule has 0 atom stereocenters. The zero-order valence-electron chi connectivity index (χ0n) is 12.0. The standard InChI is InChI=1S/C17H19N3O/c1-2-3-9-17(21)19-14-7-4-6-13(11-14)15-12-18-16-8-5-10-20(15)16/h2,4,6-7,11-12H,1,3,5,8-10H2,(H,19,21). The molecule has 0 unspecified atom stereocenters. The molecule has 2 heterocycles. The van der Waals surface area contributed by atoms with Crippen molar-refractivity contribution in [3.8, 4) is 11.3 Å². The molecule has 0 bridgehead atoms. The van der Waals surface area contributed by atoms with E-state index in [-0.39, 0.29) is 5.91 Å². The topological polar surface area (TPSA) is 46.9 Å². The van der Waals surface area contributed by atoms with Gasteiger partial charge in [-0.05, 0) is 25.0 Å². The molecule has 4 nitrogen and oxygen atoms in total. The van der Waals surface area contributed by atoms with Crippen LogP contribution in [0.2, 0.25) is 0 Å². The number of allylic oxidation sites excluding steroid dienone is 1. The number of aryl methyl sites for hydroxylation is 1. The van der Waals surface area contributed by atoms with Gasteiger partial charge in [-0.15, -0.1) is 6.58 Å². The summed E-state index contributed by atoms with van der Waals surface area (Å²) in [6, 6.07) is 7.94. The van der Waals surface area contributed by atoms with Gasteiger partial charge in [0.15, 0.2) is 0 Å². The molecule has 0 saturated heterocycles. The maximum absolute atomic E-state index is 11.8. The van der Waals surface area contributed by atoms with E-state index < -0.39 is 0 Å². The molecule has 1 amide bonds. The summed E-state index contributed by atoms with van der Waals surface area (Å²) < 4.78 is 2.26. The van der Waals surface area contributed by atoms with Crippen molar-refractivity contribution in [2.45, 2.75) is 32.2 Å². The Morgan fingerprint density at radius 1 is 1.48 bits per heavy atom. The number of hydrogen-bond acceptors (Lipinski definition) is 2. The second kappa shape index (κ2) is 5.95. The third-order valence-corrected chi connectivity index (χ3v) is 3.74. The number of rotatable bonds is 5.